The van der Waals surface area contributed by atoms with Gasteiger partial charge in [-0.1, -0.05) is 96.1 Å². The number of nitrogens with one attached hydrogen (secondary N) is 2. The number of ether oxygens (including phenoxy) is 1. The molecule has 68 heavy (non-hydrogen) atoms. The second-order valence-corrected chi connectivity index (χ2v) is 22.0. The number of rotatable bonds is 34. The number of nitrogens with zero attached hydrogens (tertiary/aromatic N) is 4. The number of thioether (sulfide) groups is 1. The zero-order valence-corrected chi connectivity index (χ0v) is 42.6. The molecule has 2 unspecified atom stereocenters. The van der Waals surface area contributed by atoms with Crippen LogP contribution in [0.15, 0.2) is 24.8 Å². The van der Waals surface area contributed by atoms with Gasteiger partial charge in [0.25, 0.3) is 0 Å². The van der Waals surface area contributed by atoms with E-state index in [2.05, 4.69) is 53.5 Å². The minimum atomic E-state index is -5.58. The molecule has 0 bridgehead atoms. The van der Waals surface area contributed by atoms with E-state index >= 15 is 0 Å². The number of hydrogen-bond acceptors (Lipinski definition) is 18. The van der Waals surface area contributed by atoms with E-state index in [9.17, 15) is 57.9 Å². The molecule has 7 atom stereocenters. The van der Waals surface area contributed by atoms with Gasteiger partial charge in [-0.25, -0.2) is 28.6 Å². The maximum Gasteiger partial charge on any atom is 0.481 e. The van der Waals surface area contributed by atoms with Crippen molar-refractivity contribution in [2.24, 2.45) is 5.41 Å². The summed E-state index contributed by atoms with van der Waals surface area (Å²) < 4.78 is 62.4. The summed E-state index contributed by atoms with van der Waals surface area (Å²) >= 11 is 1.15. The van der Waals surface area contributed by atoms with Crippen molar-refractivity contribution in [2.75, 3.05) is 37.8 Å². The van der Waals surface area contributed by atoms with Gasteiger partial charge in [0, 0.05) is 56.0 Å². The molecule has 2 aromatic heterocycles. The van der Waals surface area contributed by atoms with Crippen molar-refractivity contribution in [1.82, 2.24) is 30.2 Å². The number of nitrogen functional groups attached to an aromatic ring is 1. The van der Waals surface area contributed by atoms with Crippen LogP contribution < -0.4 is 16.4 Å². The van der Waals surface area contributed by atoms with Gasteiger partial charge in [0.2, 0.25) is 11.8 Å². The molecule has 1 radical (unpaired) electrons. The number of aliphatic hydroxyl groups is 2. The number of carbonyl (C=O) groups excluding carboxylic acids is 3. The van der Waals surface area contributed by atoms with E-state index < -0.39 is 84.6 Å². The molecule has 3 heterocycles. The first-order valence-corrected chi connectivity index (χ1v) is 27.8. The third kappa shape index (κ3) is 23.0. The second kappa shape index (κ2) is 30.7. The number of carbonyl (C=O) groups is 3. The molecule has 2 aromatic rings. The summed E-state index contributed by atoms with van der Waals surface area (Å²) in [6, 6.07) is 0. The van der Waals surface area contributed by atoms with Crippen LogP contribution in [0.25, 0.3) is 11.2 Å². The Kier molecular flexibility index (Phi) is 28.0. The summed E-state index contributed by atoms with van der Waals surface area (Å²) in [6.07, 6.45) is 13.5. The molecule has 1 aliphatic rings. The average molecular weight is 1040 g/mol. The van der Waals surface area contributed by atoms with Crippen molar-refractivity contribution in [3.63, 3.8) is 0 Å². The molecule has 0 aliphatic carbocycles. The maximum atomic E-state index is 12.7. The first-order valence-electron chi connectivity index (χ1n) is 22.3. The zero-order chi connectivity index (χ0) is 49.7. The van der Waals surface area contributed by atoms with Crippen LogP contribution in [-0.2, 0) is 50.7 Å². The SMILES string of the molecule is CCCCCCCC/C=C/CCCCCCCC(=O)SCCNC(=O)CCNC(=O)[C@H](O)C(C)(C)COP(=O)(O)OP(=O)(O)OC[C@H]1O[C@@H](n2cnc3c(N)ncnc32)[C@H](O)[C@@H]1OP(=O)(O)O.[Li]. The number of aromatic nitrogens is 4. The van der Waals surface area contributed by atoms with Crippen molar-refractivity contribution in [1.29, 1.82) is 0 Å². The molecule has 3 rings (SSSR count). The Morgan fingerprint density at radius 2 is 1.51 bits per heavy atom. The molecule has 10 N–H and O–H groups in total. The Morgan fingerprint density at radius 1 is 0.897 bits per heavy atom. The summed E-state index contributed by atoms with van der Waals surface area (Å²) in [5, 5.41) is 26.7. The largest absolute Gasteiger partial charge is 0.481 e. The van der Waals surface area contributed by atoms with Crippen LogP contribution in [0.4, 0.5) is 5.82 Å². The number of fused-ring (bicyclic) bond motifs is 1. The molecule has 24 nitrogen and oxygen atoms in total. The van der Waals surface area contributed by atoms with Crippen molar-refractivity contribution in [3.8, 4) is 0 Å². The molecule has 2 amide bonds. The van der Waals surface area contributed by atoms with Gasteiger partial charge in [0.1, 0.15) is 36.3 Å². The zero-order valence-electron chi connectivity index (χ0n) is 39.1. The average Bonchev–Trinajstić information content (AvgIpc) is 3.81. The fourth-order valence-corrected chi connectivity index (χ4v) is 10.3. The summed E-state index contributed by atoms with van der Waals surface area (Å²) in [6.45, 7) is 2.79. The molecular weight excluding hydrogens is 970 g/mol. The minimum absolute atomic E-state index is 0. The predicted molar refractivity (Wildman–Crippen MR) is 252 cm³/mol. The van der Waals surface area contributed by atoms with Crippen LogP contribution >= 0.6 is 35.2 Å². The van der Waals surface area contributed by atoms with E-state index in [0.29, 0.717) is 12.2 Å². The standard InChI is InChI=1S/C39H68N7O17P3S.Li/c1-4-5-6-7-8-9-10-11-12-13-14-15-16-17-18-19-30(48)67-23-22-41-29(47)20-21-42-37(51)34(50)39(2,3)25-60-66(57,58)63-65(55,56)59-24-28-33(62-64(52,53)54)32(49)38(61-28)46-27-45-31-35(40)43-26-44-36(31)46;/h11-12,26-28,32-34,38,49-50H,4-10,13-25H2,1-3H3,(H,41,47)(H,42,51)(H,55,56)(H,57,58)(H2,40,43,44)(H2,52,53,54);/b12-11+;/t28-,32-,33-,34+,38-;/m1./s1. The monoisotopic (exact) mass is 1040 g/mol. The first-order chi connectivity index (χ1) is 31.6. The van der Waals surface area contributed by atoms with Gasteiger partial charge in [0.05, 0.1) is 19.5 Å². The van der Waals surface area contributed by atoms with Crippen molar-refractivity contribution in [3.05, 3.63) is 24.8 Å². The Morgan fingerprint density at radius 3 is 2.16 bits per heavy atom. The Hall–Kier alpha value is -2.10. The fraction of sp³-hybridized carbons (Fsp3) is 0.744. The van der Waals surface area contributed by atoms with Gasteiger partial charge in [0.15, 0.2) is 22.8 Å². The van der Waals surface area contributed by atoms with Gasteiger partial charge in [-0.15, -0.1) is 0 Å². The molecular formula is C39H68LiN7O17P3S. The van der Waals surface area contributed by atoms with E-state index in [1.54, 1.807) is 0 Å². The smallest absolute Gasteiger partial charge is 0.386 e. The predicted octanol–water partition coefficient (Wildman–Crippen LogP) is 4.32. The van der Waals surface area contributed by atoms with E-state index in [4.69, 9.17) is 19.5 Å². The Labute approximate surface area is 412 Å². The van der Waals surface area contributed by atoms with E-state index in [1.807, 2.05) is 0 Å². The van der Waals surface area contributed by atoms with Gasteiger partial charge < -0.3 is 50.9 Å². The molecule has 1 fully saturated rings. The number of nitrogens with two attached hydrogens (primary N) is 1. The number of phosphoric acid groups is 3. The van der Waals surface area contributed by atoms with Crippen LogP contribution in [0, 0.1) is 5.41 Å². The van der Waals surface area contributed by atoms with Crippen LogP contribution in [-0.4, -0.2) is 142 Å². The van der Waals surface area contributed by atoms with Crippen LogP contribution in [0.5, 0.6) is 0 Å². The quantitative estimate of drug-likeness (QED) is 0.0204. The molecule has 29 heteroatoms. The molecule has 1 saturated heterocycles. The van der Waals surface area contributed by atoms with Gasteiger partial charge >= 0.3 is 23.5 Å². The number of imidazole rings is 1. The van der Waals surface area contributed by atoms with Crippen LogP contribution in [0.2, 0.25) is 0 Å². The Balaban J connectivity index is 0.0000159. The summed E-state index contributed by atoms with van der Waals surface area (Å²) in [7, 11) is -16.4. The molecule has 0 spiro atoms. The number of unbranched alkanes of at least 4 members (excludes halogenated alkanes) is 11. The van der Waals surface area contributed by atoms with Crippen molar-refractivity contribution < 1.29 is 80.5 Å². The first kappa shape index (κ1) is 62.0. The minimum Gasteiger partial charge on any atom is -0.386 e. The molecule has 0 aromatic carbocycles. The molecule has 1 aliphatic heterocycles. The van der Waals surface area contributed by atoms with E-state index in [-0.39, 0.29) is 60.5 Å². The number of aliphatic hydroxyl groups excluding tert-OH is 2. The van der Waals surface area contributed by atoms with E-state index in [1.165, 1.54) is 52.4 Å². The fourth-order valence-electron chi connectivity index (χ4n) is 6.71. The number of phosphoric ester groups is 3. The summed E-state index contributed by atoms with van der Waals surface area (Å²) in [5.41, 5.74) is 4.29. The van der Waals surface area contributed by atoms with Crippen LogP contribution in [0.3, 0.4) is 0 Å². The molecule has 383 valence electrons. The number of allylic oxidation sites excluding steroid dienone is 2. The van der Waals surface area contributed by atoms with Gasteiger partial charge in [-0.3, -0.25) is 32.5 Å². The van der Waals surface area contributed by atoms with Gasteiger partial charge in [-0.2, -0.15) is 4.31 Å². The second-order valence-electron chi connectivity index (χ2n) is 16.6. The van der Waals surface area contributed by atoms with Gasteiger partial charge in [-0.05, 0) is 32.1 Å². The number of hydrogen-bond donors (Lipinski definition) is 9. The van der Waals surface area contributed by atoms with Crippen molar-refractivity contribution >= 4 is 88.0 Å². The normalized spacial score (nSPS) is 19.9. The van der Waals surface area contributed by atoms with E-state index in [0.717, 1.165) is 73.9 Å². The number of anilines is 1. The summed E-state index contributed by atoms with van der Waals surface area (Å²) in [5.74, 6) is -1.03. The topological polar surface area (TPSA) is 364 Å². The molecule has 0 saturated carbocycles. The Bertz CT molecular complexity index is 2050. The third-order valence-corrected chi connectivity index (χ3v) is 14.4. The number of amides is 2. The summed E-state index contributed by atoms with van der Waals surface area (Å²) in [4.78, 5) is 88.3. The van der Waals surface area contributed by atoms with Crippen molar-refractivity contribution in [2.45, 2.75) is 148 Å². The third-order valence-electron chi connectivity index (χ3n) is 10.4. The maximum absolute atomic E-state index is 12.7. The van der Waals surface area contributed by atoms with Crippen LogP contribution in [0.1, 0.15) is 123 Å².